The second-order valence-electron chi connectivity index (χ2n) is 4.32. The summed E-state index contributed by atoms with van der Waals surface area (Å²) in [7, 11) is 0. The summed E-state index contributed by atoms with van der Waals surface area (Å²) in [6.45, 7) is 0. The number of carboxylic acid groups (broad SMARTS) is 1. The molecular formula is C12H11Br2N3O3. The van der Waals surface area contributed by atoms with Crippen molar-refractivity contribution in [2.45, 2.75) is 12.8 Å². The second kappa shape index (κ2) is 6.45. The average molecular weight is 405 g/mol. The molecule has 20 heavy (non-hydrogen) atoms. The first-order chi connectivity index (χ1) is 9.49. The lowest BCUT2D eigenvalue weighted by Crippen LogP contribution is -2.35. The molecule has 0 unspecified atom stereocenters. The third kappa shape index (κ3) is 3.43. The Bertz CT molecular complexity index is 577. The molecule has 0 bridgehead atoms. The van der Waals surface area contributed by atoms with E-state index in [4.69, 9.17) is 5.11 Å². The van der Waals surface area contributed by atoms with Crippen LogP contribution in [0.5, 0.6) is 0 Å². The topological polar surface area (TPSA) is 92.2 Å². The summed E-state index contributed by atoms with van der Waals surface area (Å²) in [4.78, 5) is 31.5. The van der Waals surface area contributed by atoms with Crippen molar-refractivity contribution in [1.82, 2.24) is 9.97 Å². The Morgan fingerprint density at radius 3 is 2.50 bits per heavy atom. The van der Waals surface area contributed by atoms with Crippen molar-refractivity contribution in [2.24, 2.45) is 11.8 Å². The van der Waals surface area contributed by atoms with Gasteiger partial charge in [0.05, 0.1) is 18.0 Å². The molecule has 1 aromatic heterocycles. The number of hydrogen-bond acceptors (Lipinski definition) is 4. The van der Waals surface area contributed by atoms with E-state index in [9.17, 15) is 9.59 Å². The van der Waals surface area contributed by atoms with E-state index >= 15 is 0 Å². The number of amides is 1. The van der Waals surface area contributed by atoms with Crippen molar-refractivity contribution in [1.29, 1.82) is 0 Å². The van der Waals surface area contributed by atoms with Crippen molar-refractivity contribution in [3.05, 3.63) is 27.6 Å². The predicted octanol–water partition coefficient (Wildman–Crippen LogP) is 2.61. The summed E-state index contributed by atoms with van der Waals surface area (Å²) in [5.74, 6) is -2.36. The van der Waals surface area contributed by atoms with E-state index in [-0.39, 0.29) is 11.7 Å². The van der Waals surface area contributed by atoms with Crippen LogP contribution in [0.1, 0.15) is 12.8 Å². The number of carbonyl (C=O) groups excluding carboxylic acids is 1. The van der Waals surface area contributed by atoms with Gasteiger partial charge in [0.2, 0.25) is 5.91 Å². The minimum absolute atomic E-state index is 0.275. The van der Waals surface area contributed by atoms with Crippen LogP contribution in [-0.2, 0) is 9.59 Å². The van der Waals surface area contributed by atoms with E-state index in [0.29, 0.717) is 22.0 Å². The molecule has 1 amide bonds. The first-order valence-corrected chi connectivity index (χ1v) is 7.44. The van der Waals surface area contributed by atoms with Crippen molar-refractivity contribution in [3.8, 4) is 0 Å². The summed E-state index contributed by atoms with van der Waals surface area (Å²) in [6.07, 6.45) is 5.84. The number of nitrogens with zero attached hydrogens (tertiary/aromatic N) is 2. The molecule has 1 aliphatic rings. The molecule has 8 heteroatoms. The zero-order valence-electron chi connectivity index (χ0n) is 10.2. The molecule has 0 radical (unpaired) electrons. The number of carbonyl (C=O) groups is 2. The van der Waals surface area contributed by atoms with Gasteiger partial charge in [-0.3, -0.25) is 9.59 Å². The van der Waals surface area contributed by atoms with Crippen LogP contribution in [0.3, 0.4) is 0 Å². The molecule has 0 saturated heterocycles. The van der Waals surface area contributed by atoms with E-state index < -0.39 is 17.8 Å². The van der Waals surface area contributed by atoms with Crippen molar-refractivity contribution < 1.29 is 14.7 Å². The monoisotopic (exact) mass is 403 g/mol. The maximum absolute atomic E-state index is 12.2. The molecule has 106 valence electrons. The van der Waals surface area contributed by atoms with Gasteiger partial charge in [0.25, 0.3) is 0 Å². The maximum Gasteiger partial charge on any atom is 0.307 e. The fraction of sp³-hybridized carbons (Fsp3) is 0.333. The minimum Gasteiger partial charge on any atom is -0.481 e. The number of anilines is 1. The lowest BCUT2D eigenvalue weighted by molar-refractivity contribution is -0.146. The number of hydrogen-bond donors (Lipinski definition) is 2. The van der Waals surface area contributed by atoms with Crippen molar-refractivity contribution >= 4 is 49.6 Å². The lowest BCUT2D eigenvalue weighted by atomic mass is 9.82. The molecule has 2 N–H and O–H groups in total. The fourth-order valence-corrected chi connectivity index (χ4v) is 2.93. The highest BCUT2D eigenvalue weighted by atomic mass is 79.9. The number of carboxylic acids is 1. The van der Waals surface area contributed by atoms with Gasteiger partial charge >= 0.3 is 5.97 Å². The van der Waals surface area contributed by atoms with Crippen LogP contribution in [0.2, 0.25) is 0 Å². The lowest BCUT2D eigenvalue weighted by Gasteiger charge is -2.24. The number of aromatic nitrogens is 2. The van der Waals surface area contributed by atoms with Gasteiger partial charge in [0.15, 0.2) is 5.82 Å². The Hall–Kier alpha value is -1.28. The molecule has 2 atom stereocenters. The van der Waals surface area contributed by atoms with Crippen LogP contribution in [0, 0.1) is 11.8 Å². The van der Waals surface area contributed by atoms with Gasteiger partial charge < -0.3 is 10.4 Å². The Morgan fingerprint density at radius 1 is 1.25 bits per heavy atom. The Labute approximate surface area is 131 Å². The third-order valence-electron chi connectivity index (χ3n) is 3.03. The fourth-order valence-electron chi connectivity index (χ4n) is 2.02. The van der Waals surface area contributed by atoms with Gasteiger partial charge in [0, 0.05) is 0 Å². The largest absolute Gasteiger partial charge is 0.481 e. The van der Waals surface area contributed by atoms with Gasteiger partial charge in [-0.2, -0.15) is 0 Å². The van der Waals surface area contributed by atoms with E-state index in [2.05, 4.69) is 47.1 Å². The van der Waals surface area contributed by atoms with Gasteiger partial charge in [0.1, 0.15) is 9.21 Å². The smallest absolute Gasteiger partial charge is 0.307 e. The molecular weight excluding hydrogens is 394 g/mol. The summed E-state index contributed by atoms with van der Waals surface area (Å²) >= 11 is 6.36. The maximum atomic E-state index is 12.2. The predicted molar refractivity (Wildman–Crippen MR) is 79.1 cm³/mol. The van der Waals surface area contributed by atoms with Gasteiger partial charge in [-0.1, -0.05) is 12.2 Å². The average Bonchev–Trinajstić information content (AvgIpc) is 2.41. The van der Waals surface area contributed by atoms with E-state index in [0.717, 1.165) is 0 Å². The van der Waals surface area contributed by atoms with Crippen LogP contribution < -0.4 is 5.32 Å². The zero-order valence-corrected chi connectivity index (χ0v) is 13.4. The second-order valence-corrected chi connectivity index (χ2v) is 5.88. The number of aliphatic carboxylic acids is 1. The molecule has 0 fully saturated rings. The molecule has 0 aliphatic heterocycles. The SMILES string of the molecule is O=C(O)[C@H]1CC=CC[C@H]1C(=O)Nc1ncc(Br)nc1Br. The quantitative estimate of drug-likeness (QED) is 0.755. The Kier molecular flexibility index (Phi) is 4.87. The van der Waals surface area contributed by atoms with E-state index in [1.807, 2.05) is 6.08 Å². The molecule has 2 rings (SSSR count). The van der Waals surface area contributed by atoms with Crippen molar-refractivity contribution in [3.63, 3.8) is 0 Å². The number of halogens is 2. The molecule has 1 aromatic rings. The molecule has 1 heterocycles. The van der Waals surface area contributed by atoms with Crippen LogP contribution in [-0.4, -0.2) is 27.0 Å². The molecule has 6 nitrogen and oxygen atoms in total. The van der Waals surface area contributed by atoms with Crippen LogP contribution in [0.15, 0.2) is 27.6 Å². The highest BCUT2D eigenvalue weighted by Gasteiger charge is 2.34. The standard InChI is InChI=1S/C12H11Br2N3O3/c13-8-5-15-10(9(14)16-8)17-11(18)6-3-1-2-4-7(6)12(19)20/h1-2,5-7H,3-4H2,(H,19,20)(H,15,17,18)/t6-,7+/m1/s1. The highest BCUT2D eigenvalue weighted by Crippen LogP contribution is 2.28. The highest BCUT2D eigenvalue weighted by molar-refractivity contribution is 9.11. The van der Waals surface area contributed by atoms with Crippen LogP contribution in [0.25, 0.3) is 0 Å². The zero-order chi connectivity index (χ0) is 14.7. The molecule has 1 aliphatic carbocycles. The first kappa shape index (κ1) is 15.1. The first-order valence-electron chi connectivity index (χ1n) is 5.85. The third-order valence-corrected chi connectivity index (χ3v) is 3.96. The molecule has 0 spiro atoms. The molecule has 0 saturated carbocycles. The summed E-state index contributed by atoms with van der Waals surface area (Å²) in [6, 6.07) is 0. The van der Waals surface area contributed by atoms with E-state index in [1.54, 1.807) is 6.08 Å². The summed E-state index contributed by atoms with van der Waals surface area (Å²) in [5.41, 5.74) is 0. The summed E-state index contributed by atoms with van der Waals surface area (Å²) < 4.78 is 0.921. The van der Waals surface area contributed by atoms with Gasteiger partial charge in [-0.15, -0.1) is 0 Å². The van der Waals surface area contributed by atoms with Crippen molar-refractivity contribution in [2.75, 3.05) is 5.32 Å². The van der Waals surface area contributed by atoms with Gasteiger partial charge in [-0.25, -0.2) is 9.97 Å². The van der Waals surface area contributed by atoms with E-state index in [1.165, 1.54) is 6.20 Å². The number of allylic oxidation sites excluding steroid dienone is 2. The number of nitrogens with one attached hydrogen (secondary N) is 1. The Morgan fingerprint density at radius 2 is 1.90 bits per heavy atom. The Balaban J connectivity index is 2.14. The van der Waals surface area contributed by atoms with Gasteiger partial charge in [-0.05, 0) is 44.7 Å². The minimum atomic E-state index is -0.963. The number of rotatable bonds is 3. The van der Waals surface area contributed by atoms with Crippen LogP contribution in [0.4, 0.5) is 5.82 Å². The summed E-state index contributed by atoms with van der Waals surface area (Å²) in [5, 5.41) is 11.8. The molecule has 0 aromatic carbocycles. The normalized spacial score (nSPS) is 21.5. The van der Waals surface area contributed by atoms with Crippen LogP contribution >= 0.6 is 31.9 Å².